The SMILES string of the molecule is Oc1ccc2c(c1)OCC2NCCN1CCCC1. The Kier molecular flexibility index (Phi) is 3.39. The monoisotopic (exact) mass is 248 g/mol. The zero-order valence-corrected chi connectivity index (χ0v) is 10.6. The third-order valence-corrected chi connectivity index (χ3v) is 3.80. The molecular weight excluding hydrogens is 228 g/mol. The van der Waals surface area contributed by atoms with Crippen LogP contribution in [-0.4, -0.2) is 42.8 Å². The molecule has 1 aromatic carbocycles. The first kappa shape index (κ1) is 11.8. The van der Waals surface area contributed by atoms with Crippen molar-refractivity contribution in [1.82, 2.24) is 10.2 Å². The minimum atomic E-state index is 0.267. The van der Waals surface area contributed by atoms with Gasteiger partial charge in [0.2, 0.25) is 0 Å². The average molecular weight is 248 g/mol. The standard InChI is InChI=1S/C14H20N2O2/c17-11-3-4-12-13(10-18-14(12)9-11)15-5-8-16-6-1-2-7-16/h3-4,9,13,15,17H,1-2,5-8,10H2. The van der Waals surface area contributed by atoms with Crippen molar-refractivity contribution in [2.75, 3.05) is 32.8 Å². The normalized spacial score (nSPS) is 23.0. The van der Waals surface area contributed by atoms with Crippen LogP contribution in [0.5, 0.6) is 11.5 Å². The first-order valence-electron chi connectivity index (χ1n) is 6.74. The second-order valence-electron chi connectivity index (χ2n) is 5.09. The number of hydrogen-bond donors (Lipinski definition) is 2. The maximum atomic E-state index is 9.40. The molecule has 1 saturated heterocycles. The number of fused-ring (bicyclic) bond motifs is 1. The van der Waals surface area contributed by atoms with Crippen LogP contribution in [0.15, 0.2) is 18.2 Å². The number of nitrogens with one attached hydrogen (secondary N) is 1. The Morgan fingerprint density at radius 3 is 3.00 bits per heavy atom. The van der Waals surface area contributed by atoms with Gasteiger partial charge in [0.15, 0.2) is 0 Å². The van der Waals surface area contributed by atoms with Gasteiger partial charge in [-0.15, -0.1) is 0 Å². The molecule has 1 unspecified atom stereocenters. The lowest BCUT2D eigenvalue weighted by Gasteiger charge is -2.17. The van der Waals surface area contributed by atoms with Crippen molar-refractivity contribution in [2.45, 2.75) is 18.9 Å². The number of ether oxygens (including phenoxy) is 1. The molecule has 0 aromatic heterocycles. The fourth-order valence-electron chi connectivity index (χ4n) is 2.77. The van der Waals surface area contributed by atoms with Crippen LogP contribution in [0, 0.1) is 0 Å². The quantitative estimate of drug-likeness (QED) is 0.848. The van der Waals surface area contributed by atoms with E-state index in [0.717, 1.165) is 24.4 Å². The van der Waals surface area contributed by atoms with Gasteiger partial charge in [-0.25, -0.2) is 0 Å². The van der Waals surface area contributed by atoms with Crippen molar-refractivity contribution >= 4 is 0 Å². The number of phenols is 1. The molecule has 2 aliphatic rings. The Bertz CT molecular complexity index is 416. The molecular formula is C14H20N2O2. The highest BCUT2D eigenvalue weighted by Crippen LogP contribution is 2.34. The summed E-state index contributed by atoms with van der Waals surface area (Å²) in [5.74, 6) is 1.08. The van der Waals surface area contributed by atoms with Crippen LogP contribution in [0.3, 0.4) is 0 Å². The fraction of sp³-hybridized carbons (Fsp3) is 0.571. The van der Waals surface area contributed by atoms with Crippen LogP contribution in [-0.2, 0) is 0 Å². The summed E-state index contributed by atoms with van der Waals surface area (Å²) < 4.78 is 5.58. The molecule has 2 aliphatic heterocycles. The van der Waals surface area contributed by atoms with Crippen molar-refractivity contribution in [3.63, 3.8) is 0 Å². The second kappa shape index (κ2) is 5.16. The molecule has 1 atom stereocenters. The number of rotatable bonds is 4. The molecule has 0 amide bonds. The smallest absolute Gasteiger partial charge is 0.127 e. The Hall–Kier alpha value is -1.26. The highest BCUT2D eigenvalue weighted by Gasteiger charge is 2.24. The summed E-state index contributed by atoms with van der Waals surface area (Å²) in [7, 11) is 0. The van der Waals surface area contributed by atoms with E-state index in [1.807, 2.05) is 6.07 Å². The van der Waals surface area contributed by atoms with E-state index in [1.54, 1.807) is 12.1 Å². The second-order valence-corrected chi connectivity index (χ2v) is 5.09. The van der Waals surface area contributed by atoms with Gasteiger partial charge in [-0.2, -0.15) is 0 Å². The Morgan fingerprint density at radius 1 is 1.33 bits per heavy atom. The van der Waals surface area contributed by atoms with Gasteiger partial charge in [0.1, 0.15) is 18.1 Å². The largest absolute Gasteiger partial charge is 0.508 e. The molecule has 0 spiro atoms. The molecule has 0 saturated carbocycles. The molecule has 1 aromatic rings. The summed E-state index contributed by atoms with van der Waals surface area (Å²) in [6.07, 6.45) is 2.68. The van der Waals surface area contributed by atoms with Crippen LogP contribution < -0.4 is 10.1 Å². The summed E-state index contributed by atoms with van der Waals surface area (Å²) in [4.78, 5) is 2.50. The summed E-state index contributed by atoms with van der Waals surface area (Å²) >= 11 is 0. The zero-order valence-electron chi connectivity index (χ0n) is 10.6. The van der Waals surface area contributed by atoms with Gasteiger partial charge in [-0.1, -0.05) is 0 Å². The Morgan fingerprint density at radius 2 is 2.17 bits per heavy atom. The Labute approximate surface area is 108 Å². The van der Waals surface area contributed by atoms with Crippen LogP contribution >= 0.6 is 0 Å². The van der Waals surface area contributed by atoms with Crippen LogP contribution in [0.2, 0.25) is 0 Å². The van der Waals surface area contributed by atoms with E-state index < -0.39 is 0 Å². The molecule has 0 aliphatic carbocycles. The van der Waals surface area contributed by atoms with E-state index in [9.17, 15) is 5.11 Å². The third kappa shape index (κ3) is 2.44. The highest BCUT2D eigenvalue weighted by molar-refractivity contribution is 5.44. The van der Waals surface area contributed by atoms with Gasteiger partial charge < -0.3 is 20.1 Å². The van der Waals surface area contributed by atoms with E-state index >= 15 is 0 Å². The van der Waals surface area contributed by atoms with Crippen molar-refractivity contribution < 1.29 is 9.84 Å². The molecule has 1 fully saturated rings. The molecule has 4 nitrogen and oxygen atoms in total. The number of benzene rings is 1. The van der Waals surface area contributed by atoms with Crippen molar-refractivity contribution in [3.8, 4) is 11.5 Å². The van der Waals surface area contributed by atoms with E-state index in [0.29, 0.717) is 6.61 Å². The van der Waals surface area contributed by atoms with Gasteiger partial charge in [-0.3, -0.25) is 0 Å². The van der Waals surface area contributed by atoms with Gasteiger partial charge in [0.05, 0.1) is 6.04 Å². The predicted octanol–water partition coefficient (Wildman–Crippen LogP) is 1.51. The first-order valence-corrected chi connectivity index (χ1v) is 6.74. The van der Waals surface area contributed by atoms with E-state index in [4.69, 9.17) is 4.74 Å². The molecule has 18 heavy (non-hydrogen) atoms. The Balaban J connectivity index is 1.53. The lowest BCUT2D eigenvalue weighted by Crippen LogP contribution is -2.32. The van der Waals surface area contributed by atoms with Gasteiger partial charge in [0, 0.05) is 24.7 Å². The van der Waals surface area contributed by atoms with Gasteiger partial charge in [-0.05, 0) is 38.1 Å². The number of likely N-dealkylation sites (tertiary alicyclic amines) is 1. The molecule has 98 valence electrons. The first-order chi connectivity index (χ1) is 8.83. The van der Waals surface area contributed by atoms with Gasteiger partial charge in [0.25, 0.3) is 0 Å². The molecule has 0 bridgehead atoms. The summed E-state index contributed by atoms with van der Waals surface area (Å²) in [6, 6.07) is 5.63. The summed E-state index contributed by atoms with van der Waals surface area (Å²) in [5, 5.41) is 12.9. The van der Waals surface area contributed by atoms with E-state index in [2.05, 4.69) is 10.2 Å². The van der Waals surface area contributed by atoms with Crippen LogP contribution in [0.4, 0.5) is 0 Å². The predicted molar refractivity (Wildman–Crippen MR) is 70.0 cm³/mol. The summed E-state index contributed by atoms with van der Waals surface area (Å²) in [5.41, 5.74) is 1.16. The molecule has 4 heteroatoms. The average Bonchev–Trinajstić information content (AvgIpc) is 2.99. The lowest BCUT2D eigenvalue weighted by atomic mass is 10.1. The molecule has 2 N–H and O–H groups in total. The molecule has 3 rings (SSSR count). The topological polar surface area (TPSA) is 44.7 Å². The lowest BCUT2D eigenvalue weighted by molar-refractivity contribution is 0.291. The van der Waals surface area contributed by atoms with E-state index in [1.165, 1.54) is 25.9 Å². The van der Waals surface area contributed by atoms with Crippen molar-refractivity contribution in [3.05, 3.63) is 23.8 Å². The molecule has 0 radical (unpaired) electrons. The number of aromatic hydroxyl groups is 1. The minimum absolute atomic E-state index is 0.267. The minimum Gasteiger partial charge on any atom is -0.508 e. The maximum Gasteiger partial charge on any atom is 0.127 e. The highest BCUT2D eigenvalue weighted by atomic mass is 16.5. The number of nitrogens with zero attached hydrogens (tertiary/aromatic N) is 1. The summed E-state index contributed by atoms with van der Waals surface area (Å²) in [6.45, 7) is 5.26. The van der Waals surface area contributed by atoms with Crippen LogP contribution in [0.25, 0.3) is 0 Å². The maximum absolute atomic E-state index is 9.40. The van der Waals surface area contributed by atoms with Crippen LogP contribution in [0.1, 0.15) is 24.4 Å². The number of phenolic OH excluding ortho intramolecular Hbond substituents is 1. The van der Waals surface area contributed by atoms with E-state index in [-0.39, 0.29) is 11.8 Å². The number of hydrogen-bond acceptors (Lipinski definition) is 4. The zero-order chi connectivity index (χ0) is 12.4. The third-order valence-electron chi connectivity index (χ3n) is 3.80. The van der Waals surface area contributed by atoms with Crippen molar-refractivity contribution in [2.24, 2.45) is 0 Å². The van der Waals surface area contributed by atoms with Crippen molar-refractivity contribution in [1.29, 1.82) is 0 Å². The van der Waals surface area contributed by atoms with Gasteiger partial charge >= 0.3 is 0 Å². The fourth-order valence-corrected chi connectivity index (χ4v) is 2.77. The molecule has 2 heterocycles.